The molecule has 0 spiro atoms. The number of aliphatic imine (C=N–C) groups is 1. The van der Waals surface area contributed by atoms with E-state index in [1.165, 1.54) is 6.07 Å². The summed E-state index contributed by atoms with van der Waals surface area (Å²) in [5.41, 5.74) is 1.71. The lowest BCUT2D eigenvalue weighted by Crippen LogP contribution is -2.36. The van der Waals surface area contributed by atoms with E-state index in [0.29, 0.717) is 35.8 Å². The van der Waals surface area contributed by atoms with Crippen LogP contribution in [0.1, 0.15) is 18.2 Å². The fourth-order valence-corrected chi connectivity index (χ4v) is 2.68. The van der Waals surface area contributed by atoms with Crippen molar-refractivity contribution in [3.05, 3.63) is 51.5 Å². The molecule has 0 saturated heterocycles. The van der Waals surface area contributed by atoms with Gasteiger partial charge in [0, 0.05) is 26.3 Å². The van der Waals surface area contributed by atoms with Gasteiger partial charge in [0.15, 0.2) is 17.5 Å². The molecule has 0 aliphatic rings. The highest BCUT2D eigenvalue weighted by Crippen LogP contribution is 2.24. The molecule has 2 rings (SSSR count). The highest BCUT2D eigenvalue weighted by atomic mass is 127. The molecule has 0 amide bonds. The maximum absolute atomic E-state index is 13.9. The highest BCUT2D eigenvalue weighted by Gasteiger charge is 2.09. The van der Waals surface area contributed by atoms with E-state index < -0.39 is 0 Å². The fraction of sp³-hybridized carbons (Fsp3) is 0.353. The number of halogens is 4. The van der Waals surface area contributed by atoms with Crippen LogP contribution in [0, 0.1) is 5.82 Å². The first kappa shape index (κ1) is 22.9. The molecule has 0 unspecified atom stereocenters. The van der Waals surface area contributed by atoms with Crippen molar-refractivity contribution in [3.8, 4) is 5.75 Å². The van der Waals surface area contributed by atoms with Gasteiger partial charge in [0.1, 0.15) is 5.15 Å². The second kappa shape index (κ2) is 10.8. The Kier molecular flexibility index (Phi) is 9.52. The van der Waals surface area contributed by atoms with Gasteiger partial charge in [-0.15, -0.1) is 24.0 Å². The molecule has 0 radical (unpaired) electrons. The van der Waals surface area contributed by atoms with Crippen LogP contribution in [0.3, 0.4) is 0 Å². The number of ether oxygens (including phenoxy) is 1. The smallest absolute Gasteiger partial charge is 0.191 e. The maximum atomic E-state index is 13.9. The summed E-state index contributed by atoms with van der Waals surface area (Å²) in [6.45, 7) is 3.17. The van der Waals surface area contributed by atoms with Crippen molar-refractivity contribution >= 4 is 53.1 Å². The van der Waals surface area contributed by atoms with Crippen molar-refractivity contribution in [2.45, 2.75) is 20.0 Å². The molecule has 0 aliphatic carbocycles. The number of guanidine groups is 1. The number of aromatic nitrogens is 1. The summed E-state index contributed by atoms with van der Waals surface area (Å²) in [5, 5.41) is 7.30. The number of benzene rings is 1. The maximum Gasteiger partial charge on any atom is 0.191 e. The molecule has 0 atom stereocenters. The number of nitrogens with zero attached hydrogens (tertiary/aromatic N) is 2. The normalized spacial score (nSPS) is 11.1. The van der Waals surface area contributed by atoms with Crippen molar-refractivity contribution in [1.82, 2.24) is 15.2 Å². The Hall–Kier alpha value is -1.19. The molecular weight excluding hydrogens is 493 g/mol. The zero-order chi connectivity index (χ0) is 18.4. The number of hydrogen-bond donors (Lipinski definition) is 2. The van der Waals surface area contributed by atoms with Crippen molar-refractivity contribution < 1.29 is 9.13 Å². The molecule has 1 heterocycles. The summed E-state index contributed by atoms with van der Waals surface area (Å²) in [4.78, 5) is 4.15. The van der Waals surface area contributed by atoms with Crippen LogP contribution in [0.25, 0.3) is 0 Å². The topological polar surface area (TPSA) is 50.6 Å². The second-order valence-corrected chi connectivity index (χ2v) is 6.08. The predicted molar refractivity (Wildman–Crippen MR) is 115 cm³/mol. The second-order valence-electron chi connectivity index (χ2n) is 5.31. The third kappa shape index (κ3) is 5.92. The summed E-state index contributed by atoms with van der Waals surface area (Å²) >= 11 is 12.1. The Bertz CT molecular complexity index is 767. The third-order valence-electron chi connectivity index (χ3n) is 3.63. The molecular formula is C17H22Cl2FIN4O. The van der Waals surface area contributed by atoms with Crippen molar-refractivity contribution in [3.63, 3.8) is 0 Å². The minimum absolute atomic E-state index is 0. The summed E-state index contributed by atoms with van der Waals surface area (Å²) in [7, 11) is 3.50. The predicted octanol–water partition coefficient (Wildman–Crippen LogP) is 4.35. The number of hydrogen-bond acceptors (Lipinski definition) is 2. The van der Waals surface area contributed by atoms with Crippen LogP contribution in [0.4, 0.5) is 4.39 Å². The van der Waals surface area contributed by atoms with E-state index in [2.05, 4.69) is 15.6 Å². The minimum atomic E-state index is -0.378. The van der Waals surface area contributed by atoms with Gasteiger partial charge in [-0.1, -0.05) is 29.3 Å². The summed E-state index contributed by atoms with van der Waals surface area (Å²) in [6, 6.07) is 6.68. The Morgan fingerprint density at radius 2 is 1.92 bits per heavy atom. The van der Waals surface area contributed by atoms with Crippen LogP contribution in [0.5, 0.6) is 5.75 Å². The van der Waals surface area contributed by atoms with Crippen LogP contribution in [0.15, 0.2) is 29.3 Å². The van der Waals surface area contributed by atoms with Crippen LogP contribution in [-0.4, -0.2) is 24.2 Å². The molecule has 1 aromatic heterocycles. The average molecular weight is 515 g/mol. The molecule has 0 bridgehead atoms. The first-order valence-electron chi connectivity index (χ1n) is 7.81. The molecule has 0 fully saturated rings. The van der Waals surface area contributed by atoms with Gasteiger partial charge in [0.25, 0.3) is 0 Å². The van der Waals surface area contributed by atoms with Gasteiger partial charge in [-0.2, -0.15) is 0 Å². The molecule has 9 heteroatoms. The van der Waals surface area contributed by atoms with Gasteiger partial charge < -0.3 is 19.9 Å². The van der Waals surface area contributed by atoms with Gasteiger partial charge >= 0.3 is 0 Å². The fourth-order valence-electron chi connectivity index (χ4n) is 2.27. The quantitative estimate of drug-likeness (QED) is 0.342. The highest BCUT2D eigenvalue weighted by molar-refractivity contribution is 14.0. The largest absolute Gasteiger partial charge is 0.491 e. The van der Waals surface area contributed by atoms with Crippen LogP contribution >= 0.6 is 47.2 Å². The molecule has 1 aromatic carbocycles. The van der Waals surface area contributed by atoms with Crippen molar-refractivity contribution in [1.29, 1.82) is 0 Å². The van der Waals surface area contributed by atoms with Crippen LogP contribution in [0.2, 0.25) is 10.2 Å². The molecule has 26 heavy (non-hydrogen) atoms. The Balaban J connectivity index is 0.00000338. The van der Waals surface area contributed by atoms with E-state index in [1.807, 2.05) is 20.0 Å². The van der Waals surface area contributed by atoms with E-state index in [0.717, 1.165) is 11.3 Å². The van der Waals surface area contributed by atoms with E-state index in [1.54, 1.807) is 23.7 Å². The standard InChI is InChI=1S/C17H21Cl2FN4O.HI/c1-4-25-15-6-5-11(7-14(15)20)9-22-17(21-2)23-10-12-8-13(18)16(19)24(12)3;/h5-8H,4,9-10H2,1-3H3,(H2,21,22,23);1H. The molecule has 2 N–H and O–H groups in total. The Labute approximate surface area is 179 Å². The van der Waals surface area contributed by atoms with E-state index in [4.69, 9.17) is 27.9 Å². The van der Waals surface area contributed by atoms with E-state index in [9.17, 15) is 4.39 Å². The molecule has 144 valence electrons. The van der Waals surface area contributed by atoms with Gasteiger partial charge in [-0.25, -0.2) is 4.39 Å². The number of nitrogens with one attached hydrogen (secondary N) is 2. The summed E-state index contributed by atoms with van der Waals surface area (Å²) < 4.78 is 20.9. The Morgan fingerprint density at radius 1 is 1.23 bits per heavy atom. The van der Waals surface area contributed by atoms with Crippen LogP contribution < -0.4 is 15.4 Å². The monoisotopic (exact) mass is 514 g/mol. The van der Waals surface area contributed by atoms with Gasteiger partial charge in [-0.05, 0) is 30.7 Å². The first-order valence-corrected chi connectivity index (χ1v) is 8.57. The Morgan fingerprint density at radius 3 is 2.46 bits per heavy atom. The minimum Gasteiger partial charge on any atom is -0.491 e. The molecule has 2 aromatic rings. The van der Waals surface area contributed by atoms with Gasteiger partial charge in [0.2, 0.25) is 0 Å². The van der Waals surface area contributed by atoms with Crippen molar-refractivity contribution in [2.24, 2.45) is 12.0 Å². The van der Waals surface area contributed by atoms with Crippen molar-refractivity contribution in [2.75, 3.05) is 13.7 Å². The lowest BCUT2D eigenvalue weighted by molar-refractivity contribution is 0.321. The molecule has 5 nitrogen and oxygen atoms in total. The zero-order valence-electron chi connectivity index (χ0n) is 14.8. The van der Waals surface area contributed by atoms with Gasteiger partial charge in [0.05, 0.1) is 18.2 Å². The number of rotatable bonds is 6. The average Bonchev–Trinajstić information content (AvgIpc) is 2.84. The lowest BCUT2D eigenvalue weighted by Gasteiger charge is -2.13. The first-order chi connectivity index (χ1) is 12.0. The summed E-state index contributed by atoms with van der Waals surface area (Å²) in [5.74, 6) is 0.464. The summed E-state index contributed by atoms with van der Waals surface area (Å²) in [6.07, 6.45) is 0. The van der Waals surface area contributed by atoms with Crippen LogP contribution in [-0.2, 0) is 20.1 Å². The zero-order valence-corrected chi connectivity index (χ0v) is 18.6. The third-order valence-corrected chi connectivity index (χ3v) is 4.47. The lowest BCUT2D eigenvalue weighted by atomic mass is 10.2. The molecule has 0 aliphatic heterocycles. The molecule has 0 saturated carbocycles. The SMILES string of the molecule is CCOc1ccc(CNC(=NC)NCc2cc(Cl)c(Cl)n2C)cc1F.I. The van der Waals surface area contributed by atoms with E-state index in [-0.39, 0.29) is 35.5 Å². The van der Waals surface area contributed by atoms with Gasteiger partial charge in [-0.3, -0.25) is 4.99 Å². The van der Waals surface area contributed by atoms with E-state index >= 15 is 0 Å².